The summed E-state index contributed by atoms with van der Waals surface area (Å²) >= 11 is 4.28. The van der Waals surface area contributed by atoms with Crippen LogP contribution < -0.4 is 5.32 Å². The molecule has 1 aromatic carbocycles. The van der Waals surface area contributed by atoms with Crippen LogP contribution in [0.2, 0.25) is 0 Å². The molecule has 0 atom stereocenters. The molecule has 0 bridgehead atoms. The predicted molar refractivity (Wildman–Crippen MR) is 51.3 cm³/mol. The minimum Gasteiger partial charge on any atom is -0.384 e. The van der Waals surface area contributed by atoms with Crippen molar-refractivity contribution in [3.63, 3.8) is 0 Å². The van der Waals surface area contributed by atoms with Crippen LogP contribution in [0.5, 0.6) is 0 Å². The van der Waals surface area contributed by atoms with E-state index < -0.39 is 0 Å². The van der Waals surface area contributed by atoms with E-state index in [-0.39, 0.29) is 0 Å². The van der Waals surface area contributed by atoms with E-state index in [1.807, 2.05) is 0 Å². The third kappa shape index (κ3) is 1.11. The van der Waals surface area contributed by atoms with Crippen LogP contribution in [0.15, 0.2) is 18.2 Å². The molecule has 0 aromatic heterocycles. The second kappa shape index (κ2) is 2.78. The Balaban J connectivity index is 2.50. The van der Waals surface area contributed by atoms with Gasteiger partial charge in [0.05, 0.1) is 0 Å². The van der Waals surface area contributed by atoms with Crippen LogP contribution in [0.4, 0.5) is 5.69 Å². The maximum atomic E-state index is 4.28. The monoisotopic (exact) mass is 165 g/mol. The minimum absolute atomic E-state index is 0.852. The summed E-state index contributed by atoms with van der Waals surface area (Å²) in [7, 11) is 0. The van der Waals surface area contributed by atoms with Crippen molar-refractivity contribution in [3.8, 4) is 0 Å². The Kier molecular flexibility index (Phi) is 1.78. The molecule has 0 saturated carbocycles. The maximum absolute atomic E-state index is 4.28. The van der Waals surface area contributed by atoms with E-state index in [0.717, 1.165) is 18.7 Å². The Morgan fingerprint density at radius 3 is 3.18 bits per heavy atom. The topological polar surface area (TPSA) is 12.0 Å². The standard InChI is InChI=1S/C9H11NS/c11-6-7-2-1-3-9-8(7)4-5-10-9/h1-3,10-11H,4-6H2. The Hall–Kier alpha value is -0.630. The highest BCUT2D eigenvalue weighted by Gasteiger charge is 2.11. The van der Waals surface area contributed by atoms with E-state index >= 15 is 0 Å². The summed E-state index contributed by atoms with van der Waals surface area (Å²) in [5.74, 6) is 0.852. The number of anilines is 1. The Morgan fingerprint density at radius 2 is 2.36 bits per heavy atom. The third-order valence-corrected chi connectivity index (χ3v) is 2.47. The van der Waals surface area contributed by atoms with E-state index in [4.69, 9.17) is 0 Å². The molecule has 1 nitrogen and oxygen atoms in total. The second-order valence-corrected chi connectivity index (χ2v) is 3.09. The number of rotatable bonds is 1. The Bertz CT molecular complexity index is 270. The zero-order chi connectivity index (χ0) is 7.68. The Labute approximate surface area is 72.2 Å². The molecule has 0 spiro atoms. The van der Waals surface area contributed by atoms with E-state index in [9.17, 15) is 0 Å². The molecular weight excluding hydrogens is 154 g/mol. The number of benzene rings is 1. The van der Waals surface area contributed by atoms with Crippen molar-refractivity contribution in [1.82, 2.24) is 0 Å². The van der Waals surface area contributed by atoms with Gasteiger partial charge < -0.3 is 5.32 Å². The van der Waals surface area contributed by atoms with E-state index in [1.54, 1.807) is 0 Å². The molecule has 11 heavy (non-hydrogen) atoms. The van der Waals surface area contributed by atoms with E-state index in [0.29, 0.717) is 0 Å². The van der Waals surface area contributed by atoms with E-state index in [2.05, 4.69) is 36.1 Å². The fraction of sp³-hybridized carbons (Fsp3) is 0.333. The van der Waals surface area contributed by atoms with Crippen LogP contribution in [0.25, 0.3) is 0 Å². The minimum atomic E-state index is 0.852. The molecule has 0 radical (unpaired) electrons. The van der Waals surface area contributed by atoms with Crippen LogP contribution in [0, 0.1) is 0 Å². The first kappa shape index (κ1) is 7.04. The van der Waals surface area contributed by atoms with Gasteiger partial charge in [-0.25, -0.2) is 0 Å². The summed E-state index contributed by atoms with van der Waals surface area (Å²) in [4.78, 5) is 0. The second-order valence-electron chi connectivity index (χ2n) is 2.78. The number of thiol groups is 1. The summed E-state index contributed by atoms with van der Waals surface area (Å²) in [6.45, 7) is 1.08. The molecule has 58 valence electrons. The Morgan fingerprint density at radius 1 is 1.45 bits per heavy atom. The molecule has 0 amide bonds. The van der Waals surface area contributed by atoms with Crippen molar-refractivity contribution >= 4 is 18.3 Å². The van der Waals surface area contributed by atoms with Crippen molar-refractivity contribution in [1.29, 1.82) is 0 Å². The number of hydrogen-bond donors (Lipinski definition) is 2. The normalized spacial score (nSPS) is 14.3. The molecule has 0 unspecified atom stereocenters. The fourth-order valence-corrected chi connectivity index (χ4v) is 1.86. The van der Waals surface area contributed by atoms with Crippen molar-refractivity contribution in [2.75, 3.05) is 11.9 Å². The van der Waals surface area contributed by atoms with E-state index in [1.165, 1.54) is 16.8 Å². The maximum Gasteiger partial charge on any atom is 0.0376 e. The van der Waals surface area contributed by atoms with Crippen molar-refractivity contribution < 1.29 is 0 Å². The fourth-order valence-electron chi connectivity index (χ4n) is 1.57. The van der Waals surface area contributed by atoms with Crippen LogP contribution in [0.1, 0.15) is 11.1 Å². The van der Waals surface area contributed by atoms with Gasteiger partial charge in [0.25, 0.3) is 0 Å². The molecule has 2 heteroatoms. The van der Waals surface area contributed by atoms with Crippen molar-refractivity contribution in [3.05, 3.63) is 29.3 Å². The predicted octanol–water partition coefficient (Wildman–Crippen LogP) is 2.08. The smallest absolute Gasteiger partial charge is 0.0376 e. The number of fused-ring (bicyclic) bond motifs is 1. The summed E-state index contributed by atoms with van der Waals surface area (Å²) in [6, 6.07) is 6.37. The van der Waals surface area contributed by atoms with Gasteiger partial charge in [0, 0.05) is 18.0 Å². The summed E-state index contributed by atoms with van der Waals surface area (Å²) in [6.07, 6.45) is 1.16. The lowest BCUT2D eigenvalue weighted by molar-refractivity contribution is 1.09. The highest BCUT2D eigenvalue weighted by Crippen LogP contribution is 2.25. The van der Waals surface area contributed by atoms with Gasteiger partial charge in [-0.1, -0.05) is 12.1 Å². The average Bonchev–Trinajstić information content (AvgIpc) is 2.50. The largest absolute Gasteiger partial charge is 0.384 e. The number of hydrogen-bond acceptors (Lipinski definition) is 2. The molecular formula is C9H11NS. The van der Waals surface area contributed by atoms with Crippen LogP contribution >= 0.6 is 12.6 Å². The lowest BCUT2D eigenvalue weighted by Gasteiger charge is -2.03. The molecule has 1 aliphatic heterocycles. The molecule has 0 aliphatic carbocycles. The summed E-state index contributed by atoms with van der Waals surface area (Å²) in [5, 5.41) is 3.34. The van der Waals surface area contributed by atoms with Crippen LogP contribution in [-0.4, -0.2) is 6.54 Å². The molecule has 1 heterocycles. The van der Waals surface area contributed by atoms with Gasteiger partial charge in [0.2, 0.25) is 0 Å². The SMILES string of the molecule is SCc1cccc2c1CCN2. The molecule has 0 saturated heterocycles. The van der Waals surface area contributed by atoms with Gasteiger partial charge in [0.1, 0.15) is 0 Å². The lowest BCUT2D eigenvalue weighted by Crippen LogP contribution is -1.90. The van der Waals surface area contributed by atoms with Crippen molar-refractivity contribution in [2.45, 2.75) is 12.2 Å². The lowest BCUT2D eigenvalue weighted by atomic mass is 10.1. The number of nitrogens with one attached hydrogen (secondary N) is 1. The quantitative estimate of drug-likeness (QED) is 0.607. The third-order valence-electron chi connectivity index (χ3n) is 2.13. The summed E-state index contributed by atoms with van der Waals surface area (Å²) < 4.78 is 0. The highest BCUT2D eigenvalue weighted by molar-refractivity contribution is 7.79. The first-order valence-corrected chi connectivity index (χ1v) is 4.50. The highest BCUT2D eigenvalue weighted by atomic mass is 32.1. The summed E-state index contributed by atoms with van der Waals surface area (Å²) in [5.41, 5.74) is 4.13. The van der Waals surface area contributed by atoms with Gasteiger partial charge in [-0.15, -0.1) is 0 Å². The van der Waals surface area contributed by atoms with Gasteiger partial charge in [0.15, 0.2) is 0 Å². The first-order chi connectivity index (χ1) is 5.42. The molecule has 1 aromatic rings. The van der Waals surface area contributed by atoms with Crippen LogP contribution in [-0.2, 0) is 12.2 Å². The molecule has 1 N–H and O–H groups in total. The molecule has 1 aliphatic rings. The van der Waals surface area contributed by atoms with Crippen LogP contribution in [0.3, 0.4) is 0 Å². The van der Waals surface area contributed by atoms with Crippen molar-refractivity contribution in [2.24, 2.45) is 0 Å². The zero-order valence-electron chi connectivity index (χ0n) is 6.30. The van der Waals surface area contributed by atoms with Gasteiger partial charge in [-0.3, -0.25) is 0 Å². The first-order valence-electron chi connectivity index (χ1n) is 3.87. The zero-order valence-corrected chi connectivity index (χ0v) is 7.20. The molecule has 2 rings (SSSR count). The average molecular weight is 165 g/mol. The molecule has 0 fully saturated rings. The van der Waals surface area contributed by atoms with Gasteiger partial charge in [-0.05, 0) is 23.6 Å². The van der Waals surface area contributed by atoms with Gasteiger partial charge in [-0.2, -0.15) is 12.6 Å². The van der Waals surface area contributed by atoms with Gasteiger partial charge >= 0.3 is 0 Å².